The molecule has 0 saturated heterocycles. The van der Waals surface area contributed by atoms with Gasteiger partial charge in [0.25, 0.3) is 0 Å². The molecule has 0 spiro atoms. The van der Waals surface area contributed by atoms with Crippen LogP contribution in [-0.2, 0) is 6.42 Å². The molecule has 0 radical (unpaired) electrons. The van der Waals surface area contributed by atoms with Crippen LogP contribution in [0.1, 0.15) is 18.1 Å². The van der Waals surface area contributed by atoms with Gasteiger partial charge in [-0.05, 0) is 45.7 Å². The zero-order chi connectivity index (χ0) is 14.4. The van der Waals surface area contributed by atoms with Crippen LogP contribution < -0.4 is 15.2 Å². The molecular formula is C20H18O. The summed E-state index contributed by atoms with van der Waals surface area (Å²) in [4.78, 5) is 0. The highest BCUT2D eigenvalue weighted by molar-refractivity contribution is 5.86. The van der Waals surface area contributed by atoms with E-state index in [-0.39, 0.29) is 5.41 Å². The Labute approximate surface area is 124 Å². The number of fused-ring (bicyclic) bond motifs is 4. The zero-order valence-electron chi connectivity index (χ0n) is 12.4. The topological polar surface area (TPSA) is 9.23 Å². The minimum absolute atomic E-state index is 0.0673. The molecule has 104 valence electrons. The molecule has 0 aromatic heterocycles. The van der Waals surface area contributed by atoms with Crippen molar-refractivity contribution in [3.05, 3.63) is 70.1 Å². The maximum Gasteiger partial charge on any atom is 0.119 e. The highest BCUT2D eigenvalue weighted by Crippen LogP contribution is 2.47. The molecular weight excluding hydrogens is 256 g/mol. The van der Waals surface area contributed by atoms with E-state index in [2.05, 4.69) is 61.5 Å². The first-order valence-electron chi connectivity index (χ1n) is 7.37. The summed E-state index contributed by atoms with van der Waals surface area (Å²) in [5, 5.41) is 2.52. The molecule has 2 aromatic rings. The maximum atomic E-state index is 5.38. The molecule has 4 rings (SSSR count). The lowest BCUT2D eigenvalue weighted by Crippen LogP contribution is -2.26. The van der Waals surface area contributed by atoms with Crippen LogP contribution >= 0.6 is 0 Å². The number of ether oxygens (including phenoxy) is 1. The van der Waals surface area contributed by atoms with Crippen LogP contribution in [0.3, 0.4) is 0 Å². The average molecular weight is 274 g/mol. The van der Waals surface area contributed by atoms with Crippen molar-refractivity contribution in [3.8, 4) is 5.75 Å². The van der Waals surface area contributed by atoms with Gasteiger partial charge in [0, 0.05) is 5.41 Å². The van der Waals surface area contributed by atoms with E-state index in [9.17, 15) is 0 Å². The van der Waals surface area contributed by atoms with E-state index in [0.717, 1.165) is 12.2 Å². The summed E-state index contributed by atoms with van der Waals surface area (Å²) in [6, 6.07) is 15.1. The highest BCUT2D eigenvalue weighted by Gasteiger charge is 2.35. The van der Waals surface area contributed by atoms with Crippen molar-refractivity contribution in [1.29, 1.82) is 0 Å². The largest absolute Gasteiger partial charge is 0.497 e. The Balaban J connectivity index is 1.98. The molecule has 2 aromatic carbocycles. The van der Waals surface area contributed by atoms with Crippen LogP contribution in [0.5, 0.6) is 5.75 Å². The minimum Gasteiger partial charge on any atom is -0.497 e. The predicted octanol–water partition coefficient (Wildman–Crippen LogP) is 2.92. The fraction of sp³-hybridized carbons (Fsp3) is 0.200. The van der Waals surface area contributed by atoms with Gasteiger partial charge in [-0.3, -0.25) is 0 Å². The third kappa shape index (κ3) is 1.84. The molecule has 0 N–H and O–H groups in total. The zero-order valence-corrected chi connectivity index (χ0v) is 12.4. The maximum absolute atomic E-state index is 5.38. The van der Waals surface area contributed by atoms with E-state index < -0.39 is 0 Å². The summed E-state index contributed by atoms with van der Waals surface area (Å²) in [5.41, 5.74) is 4.33. The van der Waals surface area contributed by atoms with Gasteiger partial charge in [-0.1, -0.05) is 55.5 Å². The van der Waals surface area contributed by atoms with Crippen LogP contribution in [0.25, 0.3) is 17.7 Å². The summed E-state index contributed by atoms with van der Waals surface area (Å²) in [6.45, 7) is 2.33. The molecule has 1 unspecified atom stereocenters. The molecule has 2 aliphatic rings. The van der Waals surface area contributed by atoms with Crippen molar-refractivity contribution >= 4 is 17.7 Å². The van der Waals surface area contributed by atoms with Gasteiger partial charge in [0.05, 0.1) is 7.11 Å². The Hall–Kier alpha value is -2.28. The summed E-state index contributed by atoms with van der Waals surface area (Å²) in [5.74, 6) is 0.918. The molecule has 0 amide bonds. The Morgan fingerprint density at radius 2 is 1.86 bits per heavy atom. The van der Waals surface area contributed by atoms with Crippen LogP contribution in [0.2, 0.25) is 0 Å². The summed E-state index contributed by atoms with van der Waals surface area (Å²) >= 11 is 0. The molecule has 0 bridgehead atoms. The number of benzene rings is 2. The number of methoxy groups -OCH3 is 1. The van der Waals surface area contributed by atoms with Gasteiger partial charge in [0.15, 0.2) is 0 Å². The molecule has 1 heteroatoms. The summed E-state index contributed by atoms with van der Waals surface area (Å²) in [7, 11) is 1.72. The Kier molecular flexibility index (Phi) is 2.58. The van der Waals surface area contributed by atoms with Gasteiger partial charge in [0.2, 0.25) is 0 Å². The second-order valence-corrected chi connectivity index (χ2v) is 6.14. The van der Waals surface area contributed by atoms with Crippen molar-refractivity contribution in [3.63, 3.8) is 0 Å². The lowest BCUT2D eigenvalue weighted by Gasteiger charge is -2.21. The van der Waals surface area contributed by atoms with Crippen molar-refractivity contribution < 1.29 is 4.74 Å². The fourth-order valence-electron chi connectivity index (χ4n) is 3.62. The number of hydrogen-bond donors (Lipinski definition) is 0. The van der Waals surface area contributed by atoms with Crippen molar-refractivity contribution in [1.82, 2.24) is 0 Å². The Bertz CT molecular complexity index is 873. The first-order chi connectivity index (χ1) is 10.2. The van der Waals surface area contributed by atoms with E-state index in [0.29, 0.717) is 0 Å². The normalized spacial score (nSPS) is 21.9. The van der Waals surface area contributed by atoms with Gasteiger partial charge in [-0.25, -0.2) is 0 Å². The molecule has 2 aliphatic carbocycles. The molecule has 0 aliphatic heterocycles. The lowest BCUT2D eigenvalue weighted by molar-refractivity contribution is 0.414. The van der Waals surface area contributed by atoms with Crippen molar-refractivity contribution in [2.75, 3.05) is 7.11 Å². The third-order valence-electron chi connectivity index (χ3n) is 4.68. The SMILES string of the molecule is COc1ccc2c(c1)=CC1(C)Cc3ccccc3C1=CC=2. The molecule has 0 saturated carbocycles. The van der Waals surface area contributed by atoms with Gasteiger partial charge < -0.3 is 4.74 Å². The quantitative estimate of drug-likeness (QED) is 0.777. The van der Waals surface area contributed by atoms with Crippen LogP contribution in [0, 0.1) is 5.41 Å². The number of allylic oxidation sites excluding steroid dienone is 2. The smallest absolute Gasteiger partial charge is 0.119 e. The predicted molar refractivity (Wildman–Crippen MR) is 87.4 cm³/mol. The van der Waals surface area contributed by atoms with Gasteiger partial charge in [0.1, 0.15) is 5.75 Å². The lowest BCUT2D eigenvalue weighted by atomic mass is 9.82. The molecule has 0 fully saturated rings. The van der Waals surface area contributed by atoms with Crippen molar-refractivity contribution in [2.45, 2.75) is 13.3 Å². The first kappa shape index (κ1) is 12.5. The standard InChI is InChI=1S/C20H18O/c1-20-12-15-5-3-4-6-18(15)19(20)10-8-14-7-9-17(21-2)11-16(14)13-20/h3-11,13H,12H2,1-2H3. The van der Waals surface area contributed by atoms with E-state index in [1.165, 1.54) is 27.1 Å². The Morgan fingerprint density at radius 1 is 1.00 bits per heavy atom. The number of hydrogen-bond acceptors (Lipinski definition) is 1. The summed E-state index contributed by atoms with van der Waals surface area (Å²) < 4.78 is 5.38. The van der Waals surface area contributed by atoms with Crippen LogP contribution in [-0.4, -0.2) is 7.11 Å². The van der Waals surface area contributed by atoms with E-state index in [1.54, 1.807) is 7.11 Å². The number of rotatable bonds is 1. The van der Waals surface area contributed by atoms with Crippen LogP contribution in [0.15, 0.2) is 48.5 Å². The minimum atomic E-state index is 0.0673. The second kappa shape index (κ2) is 4.36. The summed E-state index contributed by atoms with van der Waals surface area (Å²) in [6.07, 6.45) is 7.99. The van der Waals surface area contributed by atoms with Gasteiger partial charge in [-0.15, -0.1) is 0 Å². The van der Waals surface area contributed by atoms with Gasteiger partial charge in [-0.2, -0.15) is 0 Å². The van der Waals surface area contributed by atoms with E-state index in [4.69, 9.17) is 4.74 Å². The fourth-order valence-corrected chi connectivity index (χ4v) is 3.62. The molecule has 1 atom stereocenters. The second-order valence-electron chi connectivity index (χ2n) is 6.14. The van der Waals surface area contributed by atoms with E-state index in [1.807, 2.05) is 6.07 Å². The van der Waals surface area contributed by atoms with Crippen LogP contribution in [0.4, 0.5) is 0 Å². The van der Waals surface area contributed by atoms with E-state index >= 15 is 0 Å². The Morgan fingerprint density at radius 3 is 2.71 bits per heavy atom. The molecule has 21 heavy (non-hydrogen) atoms. The van der Waals surface area contributed by atoms with Crippen molar-refractivity contribution in [2.24, 2.45) is 5.41 Å². The van der Waals surface area contributed by atoms with Gasteiger partial charge >= 0.3 is 0 Å². The highest BCUT2D eigenvalue weighted by atomic mass is 16.5. The first-order valence-corrected chi connectivity index (χ1v) is 7.37. The third-order valence-corrected chi connectivity index (χ3v) is 4.68. The molecule has 0 heterocycles. The monoisotopic (exact) mass is 274 g/mol. The molecule has 1 nitrogen and oxygen atoms in total. The average Bonchev–Trinajstić information content (AvgIpc) is 2.68.